The number of nitrogens with zero attached hydrogens (tertiary/aromatic N) is 1. The molecule has 3 rings (SSSR count). The monoisotopic (exact) mass is 323 g/mol. The fourth-order valence-electron chi connectivity index (χ4n) is 2.94. The first-order chi connectivity index (χ1) is 11.1. The molecule has 1 aromatic heterocycles. The first-order valence-corrected chi connectivity index (χ1v) is 7.99. The van der Waals surface area contributed by atoms with Gasteiger partial charge >= 0.3 is 5.69 Å². The highest BCUT2D eigenvalue weighted by Gasteiger charge is 2.22. The summed E-state index contributed by atoms with van der Waals surface area (Å²) in [5, 5.41) is 2.69. The van der Waals surface area contributed by atoms with E-state index in [0.29, 0.717) is 19.8 Å². The molecule has 126 valence electrons. The molecule has 3 heterocycles. The molecule has 0 aromatic carbocycles. The third kappa shape index (κ3) is 3.70. The van der Waals surface area contributed by atoms with E-state index in [9.17, 15) is 14.4 Å². The normalized spacial score (nSPS) is 24.0. The lowest BCUT2D eigenvalue weighted by molar-refractivity contribution is 0.0850. The van der Waals surface area contributed by atoms with Gasteiger partial charge in [-0.05, 0) is 25.7 Å². The molecule has 8 nitrogen and oxygen atoms in total. The van der Waals surface area contributed by atoms with Crippen LogP contribution in [0.15, 0.2) is 15.8 Å². The highest BCUT2D eigenvalue weighted by atomic mass is 16.5. The Hall–Kier alpha value is -1.93. The topological polar surface area (TPSA) is 102 Å². The standard InChI is InChI=1S/C15H21N3O5/c19-13(16-7-10-3-1-5-22-10)12-8-17-15(21)18(14(12)20)9-11-4-2-6-23-11/h8,10-11H,1-7,9H2,(H,16,19)(H,17,21). The number of aromatic nitrogens is 2. The van der Waals surface area contributed by atoms with Gasteiger partial charge < -0.3 is 19.8 Å². The van der Waals surface area contributed by atoms with Gasteiger partial charge in [-0.1, -0.05) is 0 Å². The van der Waals surface area contributed by atoms with Crippen LogP contribution in [0.25, 0.3) is 0 Å². The molecule has 0 radical (unpaired) electrons. The van der Waals surface area contributed by atoms with Crippen molar-refractivity contribution in [1.82, 2.24) is 14.9 Å². The fourth-order valence-corrected chi connectivity index (χ4v) is 2.94. The molecule has 0 bridgehead atoms. The lowest BCUT2D eigenvalue weighted by atomic mass is 10.2. The summed E-state index contributed by atoms with van der Waals surface area (Å²) in [5.74, 6) is -0.497. The van der Waals surface area contributed by atoms with E-state index in [4.69, 9.17) is 9.47 Å². The van der Waals surface area contributed by atoms with Crippen LogP contribution in [0.1, 0.15) is 36.0 Å². The largest absolute Gasteiger partial charge is 0.376 e. The van der Waals surface area contributed by atoms with E-state index in [-0.39, 0.29) is 24.3 Å². The summed E-state index contributed by atoms with van der Waals surface area (Å²) in [5.41, 5.74) is -1.18. The molecule has 2 atom stereocenters. The van der Waals surface area contributed by atoms with Gasteiger partial charge in [0.15, 0.2) is 0 Å². The van der Waals surface area contributed by atoms with Crippen LogP contribution in [0.2, 0.25) is 0 Å². The Kier molecular flexibility index (Phi) is 4.92. The summed E-state index contributed by atoms with van der Waals surface area (Å²) < 4.78 is 11.9. The molecule has 1 aromatic rings. The van der Waals surface area contributed by atoms with Crippen LogP contribution >= 0.6 is 0 Å². The number of H-pyrrole nitrogens is 1. The summed E-state index contributed by atoms with van der Waals surface area (Å²) in [6.07, 6.45) is 4.61. The first kappa shape index (κ1) is 15.9. The first-order valence-electron chi connectivity index (χ1n) is 7.99. The van der Waals surface area contributed by atoms with Crippen LogP contribution in [0.3, 0.4) is 0 Å². The smallest absolute Gasteiger partial charge is 0.328 e. The van der Waals surface area contributed by atoms with Crippen molar-refractivity contribution in [1.29, 1.82) is 0 Å². The second-order valence-electron chi connectivity index (χ2n) is 5.90. The molecule has 2 fully saturated rings. The van der Waals surface area contributed by atoms with Gasteiger partial charge in [0.25, 0.3) is 11.5 Å². The van der Waals surface area contributed by atoms with Crippen LogP contribution in [-0.4, -0.2) is 47.4 Å². The molecule has 1 amide bonds. The average molecular weight is 323 g/mol. The van der Waals surface area contributed by atoms with E-state index in [1.54, 1.807) is 0 Å². The van der Waals surface area contributed by atoms with Gasteiger partial charge in [-0.3, -0.25) is 14.2 Å². The molecule has 2 N–H and O–H groups in total. The Balaban J connectivity index is 1.72. The SMILES string of the molecule is O=C(NCC1CCCO1)c1c[nH]c(=O)n(CC2CCCO2)c1=O. The Morgan fingerprint density at radius 2 is 1.91 bits per heavy atom. The maximum Gasteiger partial charge on any atom is 0.328 e. The second-order valence-corrected chi connectivity index (χ2v) is 5.90. The molecular weight excluding hydrogens is 302 g/mol. The number of amides is 1. The zero-order valence-electron chi connectivity index (χ0n) is 12.9. The van der Waals surface area contributed by atoms with Crippen LogP contribution in [0.5, 0.6) is 0 Å². The molecular formula is C15H21N3O5. The highest BCUT2D eigenvalue weighted by molar-refractivity contribution is 5.93. The number of rotatable bonds is 5. The summed E-state index contributed by atoms with van der Waals surface area (Å²) in [7, 11) is 0. The van der Waals surface area contributed by atoms with Gasteiger partial charge in [-0.15, -0.1) is 0 Å². The van der Waals surface area contributed by atoms with Gasteiger partial charge in [0.1, 0.15) is 5.56 Å². The van der Waals surface area contributed by atoms with E-state index in [2.05, 4.69) is 10.3 Å². The minimum absolute atomic E-state index is 0.00387. The van der Waals surface area contributed by atoms with Crippen LogP contribution in [0.4, 0.5) is 0 Å². The van der Waals surface area contributed by atoms with Gasteiger partial charge in [0.05, 0.1) is 18.8 Å². The van der Waals surface area contributed by atoms with Crippen LogP contribution < -0.4 is 16.6 Å². The Morgan fingerprint density at radius 3 is 2.57 bits per heavy atom. The maximum atomic E-state index is 12.4. The summed E-state index contributed by atoms with van der Waals surface area (Å²) >= 11 is 0. The number of hydrogen-bond donors (Lipinski definition) is 2. The zero-order valence-corrected chi connectivity index (χ0v) is 12.9. The van der Waals surface area contributed by atoms with Crippen LogP contribution in [0, 0.1) is 0 Å². The van der Waals surface area contributed by atoms with E-state index >= 15 is 0 Å². The van der Waals surface area contributed by atoms with Gasteiger partial charge in [-0.25, -0.2) is 4.79 Å². The lowest BCUT2D eigenvalue weighted by Crippen LogP contribution is -2.43. The van der Waals surface area contributed by atoms with Crippen molar-refractivity contribution < 1.29 is 14.3 Å². The Bertz CT molecular complexity index is 668. The minimum Gasteiger partial charge on any atom is -0.376 e. The van der Waals surface area contributed by atoms with Crippen molar-refractivity contribution in [2.24, 2.45) is 0 Å². The highest BCUT2D eigenvalue weighted by Crippen LogP contribution is 2.12. The zero-order chi connectivity index (χ0) is 16.2. The van der Waals surface area contributed by atoms with Gasteiger partial charge in [0.2, 0.25) is 0 Å². The van der Waals surface area contributed by atoms with Crippen molar-refractivity contribution in [2.75, 3.05) is 19.8 Å². The van der Waals surface area contributed by atoms with E-state index in [0.717, 1.165) is 30.3 Å². The van der Waals surface area contributed by atoms with Crippen LogP contribution in [-0.2, 0) is 16.0 Å². The molecule has 0 saturated carbocycles. The molecule has 23 heavy (non-hydrogen) atoms. The van der Waals surface area contributed by atoms with Crippen molar-refractivity contribution >= 4 is 5.91 Å². The molecule has 2 saturated heterocycles. The predicted molar refractivity (Wildman–Crippen MR) is 81.6 cm³/mol. The molecule has 2 unspecified atom stereocenters. The number of nitrogens with one attached hydrogen (secondary N) is 2. The average Bonchev–Trinajstić information content (AvgIpc) is 3.22. The molecule has 2 aliphatic rings. The van der Waals surface area contributed by atoms with Crippen molar-refractivity contribution in [3.63, 3.8) is 0 Å². The summed E-state index contributed by atoms with van der Waals surface area (Å²) in [6, 6.07) is 0. The quantitative estimate of drug-likeness (QED) is 0.769. The predicted octanol–water partition coefficient (Wildman–Crippen LogP) is -0.376. The number of hydrogen-bond acceptors (Lipinski definition) is 5. The number of carbonyl (C=O) groups is 1. The van der Waals surface area contributed by atoms with E-state index in [1.165, 1.54) is 6.20 Å². The number of ether oxygens (including phenoxy) is 2. The molecule has 8 heteroatoms. The third-order valence-electron chi connectivity index (χ3n) is 4.23. The Morgan fingerprint density at radius 1 is 1.22 bits per heavy atom. The fraction of sp³-hybridized carbons (Fsp3) is 0.667. The van der Waals surface area contributed by atoms with E-state index < -0.39 is 17.2 Å². The van der Waals surface area contributed by atoms with Crippen molar-refractivity contribution in [2.45, 2.75) is 44.4 Å². The van der Waals surface area contributed by atoms with E-state index in [1.807, 2.05) is 0 Å². The molecule has 0 aliphatic carbocycles. The number of carbonyl (C=O) groups excluding carboxylic acids is 1. The van der Waals surface area contributed by atoms with Crippen molar-refractivity contribution in [3.8, 4) is 0 Å². The lowest BCUT2D eigenvalue weighted by Gasteiger charge is -2.13. The Labute approximate surface area is 132 Å². The maximum absolute atomic E-state index is 12.4. The third-order valence-corrected chi connectivity index (χ3v) is 4.23. The molecule has 2 aliphatic heterocycles. The second kappa shape index (κ2) is 7.10. The van der Waals surface area contributed by atoms with Gasteiger partial charge in [0, 0.05) is 26.0 Å². The van der Waals surface area contributed by atoms with Gasteiger partial charge in [-0.2, -0.15) is 0 Å². The molecule has 0 spiro atoms. The summed E-state index contributed by atoms with van der Waals surface area (Å²) in [4.78, 5) is 38.9. The minimum atomic E-state index is -0.589. The summed E-state index contributed by atoms with van der Waals surface area (Å²) in [6.45, 7) is 1.87. The van der Waals surface area contributed by atoms with Crippen molar-refractivity contribution in [3.05, 3.63) is 32.6 Å². The number of aromatic amines is 1.